The summed E-state index contributed by atoms with van der Waals surface area (Å²) < 4.78 is 23.7. The molecule has 2 saturated heterocycles. The Labute approximate surface area is 167 Å². The fourth-order valence-corrected chi connectivity index (χ4v) is 7.31. The van der Waals surface area contributed by atoms with Gasteiger partial charge in [0.15, 0.2) is 11.6 Å². The highest BCUT2D eigenvalue weighted by Gasteiger charge is 2.57. The zero-order valence-electron chi connectivity index (χ0n) is 16.8. The summed E-state index contributed by atoms with van der Waals surface area (Å²) in [5, 5.41) is 14.0. The second kappa shape index (κ2) is 6.14. The van der Waals surface area contributed by atoms with Gasteiger partial charge in [-0.2, -0.15) is 0 Å². The first kappa shape index (κ1) is 18.1. The third-order valence-electron chi connectivity index (χ3n) is 8.66. The van der Waals surface area contributed by atoms with E-state index < -0.39 is 11.4 Å². The molecular formula is C23H31O5-. The third-order valence-corrected chi connectivity index (χ3v) is 8.66. The van der Waals surface area contributed by atoms with E-state index in [0.717, 1.165) is 58.2 Å². The summed E-state index contributed by atoms with van der Waals surface area (Å²) in [5.41, 5.74) is 3.56. The maximum absolute atomic E-state index is 14.0. The van der Waals surface area contributed by atoms with Crippen molar-refractivity contribution in [3.05, 3.63) is 22.8 Å². The van der Waals surface area contributed by atoms with Crippen LogP contribution in [0.15, 0.2) is 22.8 Å². The number of rotatable bonds is 1. The summed E-state index contributed by atoms with van der Waals surface area (Å²) in [6, 6.07) is 0. The number of fused-ring (bicyclic) bond motifs is 4. The van der Waals surface area contributed by atoms with Gasteiger partial charge in [0, 0.05) is 12.8 Å². The molecule has 0 aromatic rings. The van der Waals surface area contributed by atoms with Gasteiger partial charge in [0.1, 0.15) is 0 Å². The normalized spacial score (nSPS) is 43.6. The number of ether oxygens (including phenoxy) is 4. The van der Waals surface area contributed by atoms with Crippen LogP contribution in [-0.2, 0) is 18.9 Å². The van der Waals surface area contributed by atoms with Gasteiger partial charge in [-0.3, -0.25) is 0 Å². The Kier molecular flexibility index (Phi) is 3.97. The summed E-state index contributed by atoms with van der Waals surface area (Å²) in [5.74, 6) is -0.149. The lowest BCUT2D eigenvalue weighted by Gasteiger charge is -2.55. The van der Waals surface area contributed by atoms with E-state index in [0.29, 0.717) is 31.5 Å². The Bertz CT molecular complexity index is 727. The molecule has 1 saturated carbocycles. The van der Waals surface area contributed by atoms with Crippen LogP contribution in [0.1, 0.15) is 58.3 Å². The van der Waals surface area contributed by atoms with E-state index in [2.05, 4.69) is 6.08 Å². The SMILES string of the molecule is CC1([C@]2([O-])CC[C@H]3[C@@H]4CCC5=C(CCC6(C5)OCCO6)C4=CC[C@@H]32)OCCO1. The molecule has 3 fully saturated rings. The van der Waals surface area contributed by atoms with Gasteiger partial charge in [0.25, 0.3) is 0 Å². The van der Waals surface area contributed by atoms with Crippen molar-refractivity contribution in [1.29, 1.82) is 0 Å². The molecular weight excluding hydrogens is 356 g/mol. The second-order valence-corrected chi connectivity index (χ2v) is 9.75. The van der Waals surface area contributed by atoms with E-state index in [9.17, 15) is 5.11 Å². The first-order chi connectivity index (χ1) is 13.5. The maximum atomic E-state index is 14.0. The number of allylic oxidation sites excluding steroid dienone is 3. The van der Waals surface area contributed by atoms with E-state index in [4.69, 9.17) is 18.9 Å². The van der Waals surface area contributed by atoms with Crippen molar-refractivity contribution >= 4 is 0 Å². The average Bonchev–Trinajstić information content (AvgIpc) is 3.43. The van der Waals surface area contributed by atoms with Crippen LogP contribution in [0.3, 0.4) is 0 Å². The van der Waals surface area contributed by atoms with Crippen molar-refractivity contribution in [1.82, 2.24) is 0 Å². The third kappa shape index (κ3) is 2.37. The molecule has 5 heteroatoms. The Morgan fingerprint density at radius 2 is 1.71 bits per heavy atom. The quantitative estimate of drug-likeness (QED) is 0.692. The minimum absolute atomic E-state index is 0.128. The largest absolute Gasteiger partial charge is 0.845 e. The Hall–Kier alpha value is -0.720. The molecule has 6 aliphatic rings. The topological polar surface area (TPSA) is 60.0 Å². The molecule has 28 heavy (non-hydrogen) atoms. The van der Waals surface area contributed by atoms with Crippen LogP contribution in [-0.4, -0.2) is 43.6 Å². The minimum Gasteiger partial charge on any atom is -0.845 e. The standard InChI is InChI=1S/C23H31O5/c1-21(25-10-11-26-21)23(24)9-7-19-18-3-2-15-14-22(27-12-13-28-22)8-6-16(15)17(18)4-5-20(19)23/h4,18-20H,2-3,5-14H2,1H3/q-1/t18-,19+,20+,23+/m1/s1. The summed E-state index contributed by atoms with van der Waals surface area (Å²) in [6.07, 6.45) is 10.2. The molecule has 2 aliphatic heterocycles. The van der Waals surface area contributed by atoms with Gasteiger partial charge in [-0.25, -0.2) is 0 Å². The van der Waals surface area contributed by atoms with Gasteiger partial charge >= 0.3 is 0 Å². The lowest BCUT2D eigenvalue weighted by Crippen LogP contribution is -2.65. The second-order valence-electron chi connectivity index (χ2n) is 9.75. The average molecular weight is 387 g/mol. The van der Waals surface area contributed by atoms with Crippen LogP contribution in [0.4, 0.5) is 0 Å². The Balaban J connectivity index is 1.30. The smallest absolute Gasteiger partial charge is 0.172 e. The lowest BCUT2D eigenvalue weighted by atomic mass is 9.61. The van der Waals surface area contributed by atoms with Gasteiger partial charge in [0.2, 0.25) is 0 Å². The molecule has 6 rings (SSSR count). The highest BCUT2D eigenvalue weighted by Crippen LogP contribution is 2.59. The molecule has 5 nitrogen and oxygen atoms in total. The molecule has 154 valence electrons. The fraction of sp³-hybridized carbons (Fsp3) is 0.826. The van der Waals surface area contributed by atoms with E-state index in [1.807, 2.05) is 6.92 Å². The highest BCUT2D eigenvalue weighted by atomic mass is 16.7. The summed E-state index contributed by atoms with van der Waals surface area (Å²) in [6.45, 7) is 4.44. The predicted octanol–water partition coefficient (Wildman–Crippen LogP) is 2.84. The Morgan fingerprint density at radius 3 is 2.50 bits per heavy atom. The number of hydrogen-bond acceptors (Lipinski definition) is 5. The maximum Gasteiger partial charge on any atom is 0.172 e. The zero-order valence-corrected chi connectivity index (χ0v) is 16.8. The van der Waals surface area contributed by atoms with Gasteiger partial charge in [-0.05, 0) is 61.5 Å². The van der Waals surface area contributed by atoms with Crippen molar-refractivity contribution in [2.45, 2.75) is 75.5 Å². The van der Waals surface area contributed by atoms with Crippen molar-refractivity contribution < 1.29 is 24.1 Å². The molecule has 0 unspecified atom stereocenters. The molecule has 0 radical (unpaired) electrons. The van der Waals surface area contributed by atoms with Crippen molar-refractivity contribution in [2.75, 3.05) is 26.4 Å². The fourth-order valence-electron chi connectivity index (χ4n) is 7.31. The molecule has 4 aliphatic carbocycles. The summed E-state index contributed by atoms with van der Waals surface area (Å²) >= 11 is 0. The Morgan fingerprint density at radius 1 is 0.964 bits per heavy atom. The predicted molar refractivity (Wildman–Crippen MR) is 100 cm³/mol. The first-order valence-electron chi connectivity index (χ1n) is 11.2. The van der Waals surface area contributed by atoms with Crippen LogP contribution in [0, 0.1) is 17.8 Å². The molecule has 0 aromatic carbocycles. The van der Waals surface area contributed by atoms with Crippen LogP contribution >= 0.6 is 0 Å². The van der Waals surface area contributed by atoms with Crippen LogP contribution in [0.25, 0.3) is 0 Å². The zero-order chi connectivity index (χ0) is 19.0. The molecule has 4 atom stereocenters. The van der Waals surface area contributed by atoms with E-state index in [1.54, 1.807) is 16.7 Å². The van der Waals surface area contributed by atoms with E-state index in [-0.39, 0.29) is 11.7 Å². The van der Waals surface area contributed by atoms with Crippen LogP contribution in [0.2, 0.25) is 0 Å². The minimum atomic E-state index is -1.12. The van der Waals surface area contributed by atoms with E-state index >= 15 is 0 Å². The molecule has 0 aromatic heterocycles. The van der Waals surface area contributed by atoms with Crippen molar-refractivity contribution in [3.8, 4) is 0 Å². The molecule has 0 N–H and O–H groups in total. The highest BCUT2D eigenvalue weighted by molar-refractivity contribution is 5.44. The van der Waals surface area contributed by atoms with Crippen molar-refractivity contribution in [2.24, 2.45) is 17.8 Å². The lowest BCUT2D eigenvalue weighted by molar-refractivity contribution is -0.545. The molecule has 1 spiro atoms. The van der Waals surface area contributed by atoms with Crippen molar-refractivity contribution in [3.63, 3.8) is 0 Å². The van der Waals surface area contributed by atoms with E-state index in [1.165, 1.54) is 0 Å². The van der Waals surface area contributed by atoms with Gasteiger partial charge in [0.05, 0.1) is 26.4 Å². The van der Waals surface area contributed by atoms with Gasteiger partial charge < -0.3 is 24.1 Å². The summed E-state index contributed by atoms with van der Waals surface area (Å²) in [7, 11) is 0. The first-order valence-corrected chi connectivity index (χ1v) is 11.2. The molecule has 0 bridgehead atoms. The summed E-state index contributed by atoms with van der Waals surface area (Å²) in [4.78, 5) is 0. The van der Waals surface area contributed by atoms with Crippen LogP contribution < -0.4 is 5.11 Å². The van der Waals surface area contributed by atoms with Gasteiger partial charge in [-0.1, -0.05) is 30.1 Å². The monoisotopic (exact) mass is 387 g/mol. The molecule has 0 amide bonds. The van der Waals surface area contributed by atoms with Crippen LogP contribution in [0.5, 0.6) is 0 Å². The molecule has 2 heterocycles. The number of hydrogen-bond donors (Lipinski definition) is 0. The van der Waals surface area contributed by atoms with Gasteiger partial charge in [-0.15, -0.1) is 0 Å².